The number of hydrogen-bond acceptors (Lipinski definition) is 3. The highest BCUT2D eigenvalue weighted by atomic mass is 16.7. The first kappa shape index (κ1) is 10.8. The van der Waals surface area contributed by atoms with Crippen molar-refractivity contribution in [2.45, 2.75) is 0 Å². The van der Waals surface area contributed by atoms with E-state index in [1.807, 2.05) is 14.1 Å². The van der Waals surface area contributed by atoms with Gasteiger partial charge in [-0.05, 0) is 0 Å². The van der Waals surface area contributed by atoms with Gasteiger partial charge in [-0.25, -0.2) is 4.84 Å². The average molecular weight is 164 g/mol. The van der Waals surface area contributed by atoms with Crippen molar-refractivity contribution in [3.63, 3.8) is 0 Å². The van der Waals surface area contributed by atoms with Gasteiger partial charge in [-0.15, -0.1) is 0 Å². The molecule has 1 N–H and O–H groups in total. The molecular formula is C7H18NO3+. The first-order chi connectivity index (χ1) is 5.12. The van der Waals surface area contributed by atoms with Crippen LogP contribution in [0, 0.1) is 0 Å². The Balaban J connectivity index is 3.23. The molecule has 0 aromatic carbocycles. The fourth-order valence-corrected chi connectivity index (χ4v) is 0.542. The second kappa shape index (κ2) is 5.49. The Kier molecular flexibility index (Phi) is 5.41. The molecule has 0 amide bonds. The fourth-order valence-electron chi connectivity index (χ4n) is 0.542. The summed E-state index contributed by atoms with van der Waals surface area (Å²) < 4.78 is 5.55. The zero-order valence-electron chi connectivity index (χ0n) is 7.54. The summed E-state index contributed by atoms with van der Waals surface area (Å²) in [5.74, 6) is 0. The SMILES string of the molecule is CO[N+](C)(C)CCOCCO. The smallest absolute Gasteiger partial charge is 0.132 e. The molecule has 4 heteroatoms. The molecule has 68 valence electrons. The number of aliphatic hydroxyl groups excluding tert-OH is 1. The van der Waals surface area contributed by atoms with Crippen molar-refractivity contribution in [2.75, 3.05) is 47.6 Å². The number of ether oxygens (including phenoxy) is 1. The predicted molar refractivity (Wildman–Crippen MR) is 41.9 cm³/mol. The molecule has 0 rings (SSSR count). The molecule has 11 heavy (non-hydrogen) atoms. The van der Waals surface area contributed by atoms with Gasteiger partial charge in [0.25, 0.3) is 0 Å². The van der Waals surface area contributed by atoms with Crippen LogP contribution in [0.1, 0.15) is 0 Å². The van der Waals surface area contributed by atoms with Gasteiger partial charge in [-0.3, -0.25) is 0 Å². The Labute approximate surface area is 67.9 Å². The highest BCUT2D eigenvalue weighted by molar-refractivity contribution is 4.27. The number of rotatable bonds is 6. The van der Waals surface area contributed by atoms with Crippen LogP contribution >= 0.6 is 0 Å². The number of hydrogen-bond donors (Lipinski definition) is 1. The molecule has 0 aromatic rings. The van der Waals surface area contributed by atoms with Gasteiger partial charge in [0.15, 0.2) is 0 Å². The first-order valence-corrected chi connectivity index (χ1v) is 3.70. The van der Waals surface area contributed by atoms with E-state index in [1.54, 1.807) is 7.11 Å². The van der Waals surface area contributed by atoms with Gasteiger partial charge in [0, 0.05) is 0 Å². The standard InChI is InChI=1S/C7H18NO3/c1-8(2,10-3)4-6-11-7-5-9/h9H,4-7H2,1-3H3/q+1. The number of hydroxylamine groups is 3. The third kappa shape index (κ3) is 6.25. The number of aliphatic hydroxyl groups is 1. The average Bonchev–Trinajstić information content (AvgIpc) is 1.99. The maximum absolute atomic E-state index is 8.39. The summed E-state index contributed by atoms with van der Waals surface area (Å²) in [6.45, 7) is 1.89. The third-order valence-electron chi connectivity index (χ3n) is 1.50. The van der Waals surface area contributed by atoms with Crippen LogP contribution in [0.25, 0.3) is 0 Å². The fraction of sp³-hybridized carbons (Fsp3) is 1.00. The molecule has 0 aromatic heterocycles. The Morgan fingerprint density at radius 3 is 2.36 bits per heavy atom. The second-order valence-corrected chi connectivity index (χ2v) is 2.82. The van der Waals surface area contributed by atoms with Crippen LogP contribution in [-0.2, 0) is 9.57 Å². The molecule has 0 radical (unpaired) electrons. The van der Waals surface area contributed by atoms with Gasteiger partial charge in [-0.2, -0.15) is 4.65 Å². The zero-order valence-corrected chi connectivity index (χ0v) is 7.54. The summed E-state index contributed by atoms with van der Waals surface area (Å²) in [7, 11) is 5.55. The summed E-state index contributed by atoms with van der Waals surface area (Å²) in [5.41, 5.74) is 0. The molecule has 0 aliphatic heterocycles. The zero-order chi connectivity index (χ0) is 8.74. The van der Waals surface area contributed by atoms with Crippen LogP contribution in [0.5, 0.6) is 0 Å². The van der Waals surface area contributed by atoms with Crippen LogP contribution < -0.4 is 0 Å². The lowest BCUT2D eigenvalue weighted by molar-refractivity contribution is -1.07. The van der Waals surface area contributed by atoms with Gasteiger partial charge in [-0.1, -0.05) is 0 Å². The summed E-state index contributed by atoms with van der Waals surface area (Å²) in [6.07, 6.45) is 0. The van der Waals surface area contributed by atoms with Crippen molar-refractivity contribution in [1.82, 2.24) is 0 Å². The monoisotopic (exact) mass is 164 g/mol. The van der Waals surface area contributed by atoms with Crippen molar-refractivity contribution in [3.8, 4) is 0 Å². The first-order valence-electron chi connectivity index (χ1n) is 3.70. The van der Waals surface area contributed by atoms with E-state index in [2.05, 4.69) is 0 Å². The Hall–Kier alpha value is -0.160. The molecule has 0 heterocycles. The number of nitrogens with zero attached hydrogens (tertiary/aromatic N) is 1. The van der Waals surface area contributed by atoms with E-state index in [0.717, 1.165) is 6.54 Å². The lowest BCUT2D eigenvalue weighted by Gasteiger charge is -2.24. The highest BCUT2D eigenvalue weighted by Gasteiger charge is 2.12. The lowest BCUT2D eigenvalue weighted by Crippen LogP contribution is -2.41. The van der Waals surface area contributed by atoms with Crippen molar-refractivity contribution < 1.29 is 19.3 Å². The van der Waals surface area contributed by atoms with E-state index in [-0.39, 0.29) is 6.61 Å². The van der Waals surface area contributed by atoms with Crippen molar-refractivity contribution in [1.29, 1.82) is 0 Å². The Morgan fingerprint density at radius 1 is 1.27 bits per heavy atom. The van der Waals surface area contributed by atoms with Crippen molar-refractivity contribution in [2.24, 2.45) is 0 Å². The minimum Gasteiger partial charge on any atom is -0.394 e. The van der Waals surface area contributed by atoms with Crippen molar-refractivity contribution >= 4 is 0 Å². The van der Waals surface area contributed by atoms with Crippen LogP contribution in [-0.4, -0.2) is 57.3 Å². The third-order valence-corrected chi connectivity index (χ3v) is 1.50. The minimum atomic E-state index is 0.0837. The van der Waals surface area contributed by atoms with E-state index in [0.29, 0.717) is 17.9 Å². The van der Waals surface area contributed by atoms with Gasteiger partial charge in [0.2, 0.25) is 0 Å². The molecular weight excluding hydrogens is 146 g/mol. The predicted octanol–water partition coefficient (Wildman–Crippen LogP) is -0.367. The summed E-state index contributed by atoms with van der Waals surface area (Å²) in [5, 5.41) is 8.39. The van der Waals surface area contributed by atoms with Crippen LogP contribution in [0.3, 0.4) is 0 Å². The quantitative estimate of drug-likeness (QED) is 0.331. The number of quaternary nitrogens is 1. The van der Waals surface area contributed by atoms with Gasteiger partial charge < -0.3 is 9.84 Å². The molecule has 0 aliphatic carbocycles. The molecule has 0 fully saturated rings. The van der Waals surface area contributed by atoms with E-state index >= 15 is 0 Å². The Morgan fingerprint density at radius 2 is 1.91 bits per heavy atom. The summed E-state index contributed by atoms with van der Waals surface area (Å²) in [4.78, 5) is 5.11. The van der Waals surface area contributed by atoms with Gasteiger partial charge >= 0.3 is 0 Å². The maximum Gasteiger partial charge on any atom is 0.132 e. The van der Waals surface area contributed by atoms with E-state index in [1.165, 1.54) is 0 Å². The largest absolute Gasteiger partial charge is 0.394 e. The summed E-state index contributed by atoms with van der Waals surface area (Å²) >= 11 is 0. The molecule has 4 nitrogen and oxygen atoms in total. The topological polar surface area (TPSA) is 38.7 Å². The van der Waals surface area contributed by atoms with E-state index < -0.39 is 0 Å². The minimum absolute atomic E-state index is 0.0837. The number of likely N-dealkylation sites (N-methyl/N-ethyl adjacent to an activating group) is 1. The van der Waals surface area contributed by atoms with Crippen molar-refractivity contribution in [3.05, 3.63) is 0 Å². The molecule has 0 atom stereocenters. The second-order valence-electron chi connectivity index (χ2n) is 2.82. The van der Waals surface area contributed by atoms with Gasteiger partial charge in [0.05, 0.1) is 41.0 Å². The Bertz CT molecular complexity index is 95.7. The van der Waals surface area contributed by atoms with E-state index in [9.17, 15) is 0 Å². The maximum atomic E-state index is 8.39. The molecule has 0 bridgehead atoms. The highest BCUT2D eigenvalue weighted by Crippen LogP contribution is 1.94. The van der Waals surface area contributed by atoms with Gasteiger partial charge in [0.1, 0.15) is 6.54 Å². The molecule has 0 unspecified atom stereocenters. The van der Waals surface area contributed by atoms with Crippen LogP contribution in [0.4, 0.5) is 0 Å². The molecule has 0 aliphatic rings. The van der Waals surface area contributed by atoms with E-state index in [4.69, 9.17) is 14.7 Å². The molecule has 0 saturated heterocycles. The molecule has 0 saturated carbocycles. The normalized spacial score (nSPS) is 12.0. The summed E-state index contributed by atoms with van der Waals surface area (Å²) in [6, 6.07) is 0. The van der Waals surface area contributed by atoms with Crippen LogP contribution in [0.2, 0.25) is 0 Å². The molecule has 0 spiro atoms. The lowest BCUT2D eigenvalue weighted by atomic mass is 10.6. The van der Waals surface area contributed by atoms with Crippen LogP contribution in [0.15, 0.2) is 0 Å².